The molecule has 0 bridgehead atoms. The highest BCUT2D eigenvalue weighted by molar-refractivity contribution is 6.02. The zero-order chi connectivity index (χ0) is 19.2. The van der Waals surface area contributed by atoms with Crippen molar-refractivity contribution >= 4 is 17.3 Å². The van der Waals surface area contributed by atoms with E-state index in [0.29, 0.717) is 23.2 Å². The highest BCUT2D eigenvalue weighted by Crippen LogP contribution is 2.24. The van der Waals surface area contributed by atoms with E-state index in [1.165, 1.54) is 25.7 Å². The number of ether oxygens (including phenoxy) is 1. The third kappa shape index (κ3) is 4.68. The molecule has 1 saturated carbocycles. The van der Waals surface area contributed by atoms with Gasteiger partial charge in [-0.15, -0.1) is 0 Å². The molecule has 3 aromatic rings. The predicted octanol–water partition coefficient (Wildman–Crippen LogP) is 5.48. The molecule has 1 heterocycles. The van der Waals surface area contributed by atoms with E-state index in [9.17, 15) is 4.79 Å². The molecule has 4 rings (SSSR count). The number of carbonyl (C=O) groups is 1. The quantitative estimate of drug-likeness (QED) is 0.600. The summed E-state index contributed by atoms with van der Waals surface area (Å²) in [5.41, 5.74) is 2.05. The molecule has 1 aliphatic carbocycles. The zero-order valence-corrected chi connectivity index (χ0v) is 15.6. The summed E-state index contributed by atoms with van der Waals surface area (Å²) in [6, 6.07) is 21.0. The fourth-order valence-electron chi connectivity index (χ4n) is 3.35. The van der Waals surface area contributed by atoms with Crippen molar-refractivity contribution in [1.82, 2.24) is 4.98 Å². The molecule has 0 saturated heterocycles. The van der Waals surface area contributed by atoms with Crippen LogP contribution in [0.15, 0.2) is 72.9 Å². The summed E-state index contributed by atoms with van der Waals surface area (Å²) in [6.45, 7) is 0. The van der Waals surface area contributed by atoms with Gasteiger partial charge in [0.25, 0.3) is 5.91 Å². The maximum atomic E-state index is 12.4. The first-order valence-corrected chi connectivity index (χ1v) is 9.63. The molecular weight excluding hydrogens is 350 g/mol. The van der Waals surface area contributed by atoms with Gasteiger partial charge >= 0.3 is 0 Å². The third-order valence-corrected chi connectivity index (χ3v) is 4.81. The molecule has 0 atom stereocenters. The first-order valence-electron chi connectivity index (χ1n) is 9.63. The zero-order valence-electron chi connectivity index (χ0n) is 15.6. The average Bonchev–Trinajstić information content (AvgIpc) is 3.24. The van der Waals surface area contributed by atoms with Crippen LogP contribution in [0.2, 0.25) is 0 Å². The van der Waals surface area contributed by atoms with Gasteiger partial charge in [-0.1, -0.05) is 31.0 Å². The Labute approximate surface area is 164 Å². The van der Waals surface area contributed by atoms with Crippen LogP contribution in [0, 0.1) is 0 Å². The van der Waals surface area contributed by atoms with Crippen molar-refractivity contribution in [3.63, 3.8) is 0 Å². The van der Waals surface area contributed by atoms with Crippen molar-refractivity contribution in [2.45, 2.75) is 31.7 Å². The smallest absolute Gasteiger partial charge is 0.274 e. The Morgan fingerprint density at radius 3 is 2.21 bits per heavy atom. The van der Waals surface area contributed by atoms with E-state index in [4.69, 9.17) is 4.74 Å². The molecule has 0 radical (unpaired) electrons. The van der Waals surface area contributed by atoms with Crippen LogP contribution in [0.3, 0.4) is 0 Å². The topological polar surface area (TPSA) is 63.2 Å². The van der Waals surface area contributed by atoms with Gasteiger partial charge in [0.1, 0.15) is 17.2 Å². The van der Waals surface area contributed by atoms with Gasteiger partial charge < -0.3 is 15.4 Å². The molecule has 142 valence electrons. The average molecular weight is 373 g/mol. The SMILES string of the molecule is O=C(Nc1ccc(Oc2ccccc2)cc1)c1ccc(NC2CCCC2)cn1. The molecule has 1 amide bonds. The number of nitrogens with zero attached hydrogens (tertiary/aromatic N) is 1. The molecule has 5 heteroatoms. The van der Waals surface area contributed by atoms with Gasteiger partial charge in [0, 0.05) is 11.7 Å². The standard InChI is InChI=1S/C23H23N3O2/c27-23(22-15-12-19(16-24-22)25-17-6-4-5-7-17)26-18-10-13-21(14-11-18)28-20-8-2-1-3-9-20/h1-3,8-17,25H,4-7H2,(H,26,27). The van der Waals surface area contributed by atoms with E-state index >= 15 is 0 Å². The summed E-state index contributed by atoms with van der Waals surface area (Å²) in [4.78, 5) is 16.7. The Balaban J connectivity index is 1.33. The van der Waals surface area contributed by atoms with Crippen LogP contribution in [-0.2, 0) is 0 Å². The lowest BCUT2D eigenvalue weighted by Crippen LogP contribution is -2.16. The lowest BCUT2D eigenvalue weighted by molar-refractivity contribution is 0.102. The minimum absolute atomic E-state index is 0.232. The molecule has 5 nitrogen and oxygen atoms in total. The Kier molecular flexibility index (Phi) is 5.52. The van der Waals surface area contributed by atoms with E-state index in [1.807, 2.05) is 60.7 Å². The first kappa shape index (κ1) is 18.0. The van der Waals surface area contributed by atoms with Gasteiger partial charge in [-0.05, 0) is 61.4 Å². The summed E-state index contributed by atoms with van der Waals surface area (Å²) in [5, 5.41) is 6.34. The van der Waals surface area contributed by atoms with Gasteiger partial charge in [-0.2, -0.15) is 0 Å². The maximum Gasteiger partial charge on any atom is 0.274 e. The van der Waals surface area contributed by atoms with Crippen molar-refractivity contribution in [2.75, 3.05) is 10.6 Å². The van der Waals surface area contributed by atoms with E-state index in [2.05, 4.69) is 15.6 Å². The fraction of sp³-hybridized carbons (Fsp3) is 0.217. The van der Waals surface area contributed by atoms with Crippen molar-refractivity contribution in [2.24, 2.45) is 0 Å². The normalized spacial score (nSPS) is 13.9. The van der Waals surface area contributed by atoms with E-state index in [0.717, 1.165) is 11.4 Å². The minimum Gasteiger partial charge on any atom is -0.457 e. The highest BCUT2D eigenvalue weighted by atomic mass is 16.5. The second-order valence-electron chi connectivity index (χ2n) is 6.95. The van der Waals surface area contributed by atoms with Crippen LogP contribution >= 0.6 is 0 Å². The summed E-state index contributed by atoms with van der Waals surface area (Å²) in [6.07, 6.45) is 6.68. The molecular formula is C23H23N3O2. The number of benzene rings is 2. The second kappa shape index (κ2) is 8.57. The number of para-hydroxylation sites is 1. The number of pyridine rings is 1. The first-order chi connectivity index (χ1) is 13.8. The number of amides is 1. The van der Waals surface area contributed by atoms with Gasteiger partial charge in [0.15, 0.2) is 0 Å². The Bertz CT molecular complexity index is 903. The lowest BCUT2D eigenvalue weighted by Gasteiger charge is -2.13. The second-order valence-corrected chi connectivity index (χ2v) is 6.95. The van der Waals surface area contributed by atoms with Crippen LogP contribution in [-0.4, -0.2) is 16.9 Å². The number of hydrogen-bond donors (Lipinski definition) is 2. The van der Waals surface area contributed by atoms with Gasteiger partial charge in [0.2, 0.25) is 0 Å². The molecule has 0 unspecified atom stereocenters. The summed E-state index contributed by atoms with van der Waals surface area (Å²) in [7, 11) is 0. The molecule has 0 spiro atoms. The summed E-state index contributed by atoms with van der Waals surface area (Å²) < 4.78 is 5.76. The van der Waals surface area contributed by atoms with Crippen LogP contribution in [0.25, 0.3) is 0 Å². The van der Waals surface area contributed by atoms with Crippen molar-refractivity contribution in [3.8, 4) is 11.5 Å². The molecule has 2 aromatic carbocycles. The number of aromatic nitrogens is 1. The minimum atomic E-state index is -0.232. The number of nitrogens with one attached hydrogen (secondary N) is 2. The largest absolute Gasteiger partial charge is 0.457 e. The van der Waals surface area contributed by atoms with Crippen LogP contribution in [0.5, 0.6) is 11.5 Å². The Morgan fingerprint density at radius 2 is 1.54 bits per heavy atom. The van der Waals surface area contributed by atoms with Gasteiger partial charge in [-0.25, -0.2) is 4.98 Å². The van der Waals surface area contributed by atoms with Gasteiger partial charge in [-0.3, -0.25) is 4.79 Å². The Hall–Kier alpha value is -3.34. The molecule has 0 aliphatic heterocycles. The monoisotopic (exact) mass is 373 g/mol. The van der Waals surface area contributed by atoms with Crippen LogP contribution < -0.4 is 15.4 Å². The number of rotatable bonds is 6. The van der Waals surface area contributed by atoms with Gasteiger partial charge in [0.05, 0.1) is 11.9 Å². The van der Waals surface area contributed by atoms with E-state index in [-0.39, 0.29) is 5.91 Å². The van der Waals surface area contributed by atoms with Crippen LogP contribution in [0.4, 0.5) is 11.4 Å². The lowest BCUT2D eigenvalue weighted by atomic mass is 10.2. The van der Waals surface area contributed by atoms with Crippen molar-refractivity contribution < 1.29 is 9.53 Å². The molecule has 28 heavy (non-hydrogen) atoms. The summed E-state index contributed by atoms with van der Waals surface area (Å²) in [5.74, 6) is 1.25. The van der Waals surface area contributed by atoms with Crippen molar-refractivity contribution in [1.29, 1.82) is 0 Å². The number of hydrogen-bond acceptors (Lipinski definition) is 4. The highest BCUT2D eigenvalue weighted by Gasteiger charge is 2.15. The fourth-order valence-corrected chi connectivity index (χ4v) is 3.35. The molecule has 1 fully saturated rings. The summed E-state index contributed by atoms with van der Waals surface area (Å²) >= 11 is 0. The van der Waals surface area contributed by atoms with Crippen LogP contribution in [0.1, 0.15) is 36.2 Å². The number of carbonyl (C=O) groups excluding carboxylic acids is 1. The Morgan fingerprint density at radius 1 is 0.857 bits per heavy atom. The maximum absolute atomic E-state index is 12.4. The van der Waals surface area contributed by atoms with E-state index < -0.39 is 0 Å². The van der Waals surface area contributed by atoms with Crippen molar-refractivity contribution in [3.05, 3.63) is 78.6 Å². The third-order valence-electron chi connectivity index (χ3n) is 4.81. The molecule has 2 N–H and O–H groups in total. The van der Waals surface area contributed by atoms with E-state index in [1.54, 1.807) is 12.3 Å². The molecule has 1 aromatic heterocycles. The predicted molar refractivity (Wildman–Crippen MR) is 111 cm³/mol. The molecule has 1 aliphatic rings. The number of anilines is 2.